The van der Waals surface area contributed by atoms with E-state index in [0.29, 0.717) is 5.92 Å². The molecule has 0 fully saturated rings. The Bertz CT molecular complexity index is 2490. The molecule has 0 saturated carbocycles. The summed E-state index contributed by atoms with van der Waals surface area (Å²) >= 11 is 0. The standard InChI is InChI=1S/C42H29NO2/c1-3-9-26(10-4-1)27-16-21-39-35(24-27)32-18-19-33-36-25-29(17-22-40(36)45-42(33)41(32)44-39)28-15-20-38-34(23-28)31-13-7-8-14-37(31)43(38)30-11-5-2-6-12-30/h1-23,27,29H,24-25H2. The fourth-order valence-electron chi connectivity index (χ4n) is 7.76. The molecule has 8 aromatic rings. The van der Waals surface area contributed by atoms with Crippen LogP contribution in [0.2, 0.25) is 0 Å². The number of hydrogen-bond donors (Lipinski definition) is 0. The van der Waals surface area contributed by atoms with Gasteiger partial charge in [0, 0.05) is 50.2 Å². The minimum absolute atomic E-state index is 0.261. The first kappa shape index (κ1) is 24.9. The zero-order valence-electron chi connectivity index (χ0n) is 24.6. The summed E-state index contributed by atoms with van der Waals surface area (Å²) in [6.45, 7) is 0. The molecule has 3 aromatic heterocycles. The molecule has 2 atom stereocenters. The molecule has 0 N–H and O–H groups in total. The SMILES string of the molecule is C1=CC(c2ccccc2)Cc2c1oc1c2ccc2c3c(oc21)C=CC(c1ccc2c(c1)c1ccccc1n2-c1ccccc1)C3. The first-order valence-electron chi connectivity index (χ1n) is 15.8. The predicted octanol–water partition coefficient (Wildman–Crippen LogP) is 11.0. The Morgan fingerprint density at radius 1 is 0.489 bits per heavy atom. The third-order valence-electron chi connectivity index (χ3n) is 9.96. The normalized spacial score (nSPS) is 17.4. The van der Waals surface area contributed by atoms with Crippen LogP contribution in [0.15, 0.2) is 136 Å². The Morgan fingerprint density at radius 3 is 1.76 bits per heavy atom. The molecule has 3 heterocycles. The smallest absolute Gasteiger partial charge is 0.178 e. The van der Waals surface area contributed by atoms with E-state index < -0.39 is 0 Å². The lowest BCUT2D eigenvalue weighted by atomic mass is 9.85. The summed E-state index contributed by atoms with van der Waals surface area (Å²) in [5.41, 5.74) is 10.6. The number of rotatable bonds is 3. The second-order valence-corrected chi connectivity index (χ2v) is 12.4. The maximum atomic E-state index is 6.55. The van der Waals surface area contributed by atoms with Gasteiger partial charge in [0.25, 0.3) is 0 Å². The number of nitrogens with zero attached hydrogens (tertiary/aromatic N) is 1. The molecule has 0 radical (unpaired) electrons. The van der Waals surface area contributed by atoms with E-state index in [1.807, 2.05) is 0 Å². The van der Waals surface area contributed by atoms with Gasteiger partial charge in [-0.2, -0.15) is 0 Å². The highest BCUT2D eigenvalue weighted by Gasteiger charge is 2.27. The molecule has 2 unspecified atom stereocenters. The van der Waals surface area contributed by atoms with E-state index in [0.717, 1.165) is 46.3 Å². The van der Waals surface area contributed by atoms with Gasteiger partial charge in [0.05, 0.1) is 11.0 Å². The molecule has 0 aliphatic heterocycles. The van der Waals surface area contributed by atoms with Crippen molar-refractivity contribution in [2.45, 2.75) is 24.7 Å². The highest BCUT2D eigenvalue weighted by Crippen LogP contribution is 2.44. The first-order chi connectivity index (χ1) is 22.3. The minimum atomic E-state index is 0.261. The van der Waals surface area contributed by atoms with Gasteiger partial charge in [-0.3, -0.25) is 0 Å². The molecule has 214 valence electrons. The third-order valence-corrected chi connectivity index (χ3v) is 9.96. The lowest BCUT2D eigenvalue weighted by Crippen LogP contribution is -2.04. The Labute approximate surface area is 260 Å². The molecule has 0 amide bonds. The van der Waals surface area contributed by atoms with Crippen LogP contribution in [0, 0.1) is 0 Å². The monoisotopic (exact) mass is 579 g/mol. The van der Waals surface area contributed by atoms with E-state index in [1.165, 1.54) is 49.7 Å². The van der Waals surface area contributed by atoms with Crippen LogP contribution in [0.3, 0.4) is 0 Å². The summed E-state index contributed by atoms with van der Waals surface area (Å²) < 4.78 is 15.4. The molecule has 3 heteroatoms. The fourth-order valence-corrected chi connectivity index (χ4v) is 7.76. The van der Waals surface area contributed by atoms with Crippen LogP contribution >= 0.6 is 0 Å². The Hall–Kier alpha value is -5.54. The summed E-state index contributed by atoms with van der Waals surface area (Å²) in [7, 11) is 0. The molecular weight excluding hydrogens is 550 g/mol. The Kier molecular flexibility index (Phi) is 5.23. The Morgan fingerprint density at radius 2 is 1.07 bits per heavy atom. The number of para-hydroxylation sites is 2. The minimum Gasteiger partial charge on any atom is -0.452 e. The van der Waals surface area contributed by atoms with E-state index in [9.17, 15) is 0 Å². The molecule has 3 nitrogen and oxygen atoms in total. The van der Waals surface area contributed by atoms with Crippen molar-refractivity contribution in [1.29, 1.82) is 0 Å². The fraction of sp³-hybridized carbons (Fsp3) is 0.0952. The molecular formula is C42H29NO2. The average molecular weight is 580 g/mol. The van der Waals surface area contributed by atoms with Crippen molar-refractivity contribution in [1.82, 2.24) is 4.57 Å². The number of aromatic nitrogens is 1. The van der Waals surface area contributed by atoms with Crippen molar-refractivity contribution >= 4 is 55.9 Å². The molecule has 0 spiro atoms. The molecule has 45 heavy (non-hydrogen) atoms. The topological polar surface area (TPSA) is 31.2 Å². The number of furan rings is 2. The molecule has 10 rings (SSSR count). The van der Waals surface area contributed by atoms with Crippen LogP contribution < -0.4 is 0 Å². The zero-order chi connectivity index (χ0) is 29.5. The van der Waals surface area contributed by atoms with E-state index in [-0.39, 0.29) is 5.92 Å². The zero-order valence-corrected chi connectivity index (χ0v) is 24.6. The lowest BCUT2D eigenvalue weighted by molar-refractivity contribution is 0.562. The van der Waals surface area contributed by atoms with Gasteiger partial charge in [-0.15, -0.1) is 0 Å². The van der Waals surface area contributed by atoms with Crippen LogP contribution in [0.4, 0.5) is 0 Å². The highest BCUT2D eigenvalue weighted by atomic mass is 16.4. The van der Waals surface area contributed by atoms with Crippen molar-refractivity contribution in [2.75, 3.05) is 0 Å². The van der Waals surface area contributed by atoms with E-state index >= 15 is 0 Å². The van der Waals surface area contributed by atoms with E-state index in [2.05, 4.69) is 144 Å². The number of benzene rings is 5. The molecule has 0 saturated heterocycles. The van der Waals surface area contributed by atoms with Gasteiger partial charge < -0.3 is 13.4 Å². The predicted molar refractivity (Wildman–Crippen MR) is 184 cm³/mol. The van der Waals surface area contributed by atoms with Crippen molar-refractivity contribution < 1.29 is 8.83 Å². The number of hydrogen-bond acceptors (Lipinski definition) is 2. The third kappa shape index (κ3) is 3.71. The molecule has 2 aliphatic carbocycles. The van der Waals surface area contributed by atoms with E-state index in [4.69, 9.17) is 8.83 Å². The van der Waals surface area contributed by atoms with Gasteiger partial charge in [0.15, 0.2) is 11.2 Å². The lowest BCUT2D eigenvalue weighted by Gasteiger charge is -2.17. The molecule has 2 aliphatic rings. The van der Waals surface area contributed by atoms with Gasteiger partial charge in [-0.1, -0.05) is 84.9 Å². The van der Waals surface area contributed by atoms with Gasteiger partial charge >= 0.3 is 0 Å². The molecule has 0 bridgehead atoms. The van der Waals surface area contributed by atoms with Crippen LogP contribution in [0.25, 0.3) is 61.6 Å². The van der Waals surface area contributed by atoms with Crippen molar-refractivity contribution in [2.24, 2.45) is 0 Å². The highest BCUT2D eigenvalue weighted by molar-refractivity contribution is 6.10. The van der Waals surface area contributed by atoms with Crippen LogP contribution in [-0.4, -0.2) is 4.57 Å². The number of allylic oxidation sites excluding steroid dienone is 2. The van der Waals surface area contributed by atoms with E-state index in [1.54, 1.807) is 0 Å². The maximum absolute atomic E-state index is 6.55. The first-order valence-corrected chi connectivity index (χ1v) is 15.8. The van der Waals surface area contributed by atoms with Crippen LogP contribution in [0.5, 0.6) is 0 Å². The summed E-state index contributed by atoms with van der Waals surface area (Å²) in [6, 6.07) is 41.6. The van der Waals surface area contributed by atoms with Crippen molar-refractivity contribution in [3.8, 4) is 5.69 Å². The van der Waals surface area contributed by atoms with Gasteiger partial charge in [-0.25, -0.2) is 0 Å². The van der Waals surface area contributed by atoms with Gasteiger partial charge in [-0.05, 0) is 78.6 Å². The summed E-state index contributed by atoms with van der Waals surface area (Å²) in [4.78, 5) is 0. The number of fused-ring (bicyclic) bond motifs is 10. The summed E-state index contributed by atoms with van der Waals surface area (Å²) in [5.74, 6) is 2.51. The largest absolute Gasteiger partial charge is 0.452 e. The molecule has 5 aromatic carbocycles. The van der Waals surface area contributed by atoms with Crippen LogP contribution in [0.1, 0.15) is 45.6 Å². The van der Waals surface area contributed by atoms with Crippen molar-refractivity contribution in [3.05, 3.63) is 161 Å². The summed E-state index contributed by atoms with van der Waals surface area (Å²) in [6.07, 6.45) is 10.7. The Balaban J connectivity index is 1.04. The second-order valence-electron chi connectivity index (χ2n) is 12.4. The maximum Gasteiger partial charge on any atom is 0.178 e. The van der Waals surface area contributed by atoms with Gasteiger partial charge in [0.1, 0.15) is 11.5 Å². The quantitative estimate of drug-likeness (QED) is 0.208. The van der Waals surface area contributed by atoms with Crippen molar-refractivity contribution in [3.63, 3.8) is 0 Å². The second kappa shape index (κ2) is 9.48. The van der Waals surface area contributed by atoms with Crippen LogP contribution in [-0.2, 0) is 12.8 Å². The average Bonchev–Trinajstić information content (AvgIpc) is 3.77. The van der Waals surface area contributed by atoms with Gasteiger partial charge in [0.2, 0.25) is 0 Å². The summed E-state index contributed by atoms with van der Waals surface area (Å²) in [5, 5.41) is 4.88.